The Balaban J connectivity index is 1.52. The lowest BCUT2D eigenvalue weighted by Gasteiger charge is -2.36. The van der Waals surface area contributed by atoms with Gasteiger partial charge in [0.2, 0.25) is 5.91 Å². The molecule has 1 aliphatic rings. The summed E-state index contributed by atoms with van der Waals surface area (Å²) in [6, 6.07) is 5.31. The van der Waals surface area contributed by atoms with Crippen LogP contribution in [0.2, 0.25) is 0 Å². The second kappa shape index (κ2) is 6.90. The van der Waals surface area contributed by atoms with E-state index in [4.69, 9.17) is 4.42 Å². The van der Waals surface area contributed by atoms with Gasteiger partial charge in [-0.15, -0.1) is 0 Å². The van der Waals surface area contributed by atoms with E-state index < -0.39 is 0 Å². The normalized spacial score (nSPS) is 14.9. The molecule has 2 aromatic rings. The predicted octanol–water partition coefficient (Wildman–Crippen LogP) is 0.963. The van der Waals surface area contributed by atoms with Crippen LogP contribution in [0.4, 0.5) is 5.69 Å². The molecule has 1 aliphatic heterocycles. The van der Waals surface area contributed by atoms with Gasteiger partial charge < -0.3 is 14.2 Å². The molecule has 0 radical (unpaired) electrons. The molecule has 0 atom stereocenters. The Bertz CT molecular complexity index is 772. The van der Waals surface area contributed by atoms with Crippen LogP contribution in [0.3, 0.4) is 0 Å². The van der Waals surface area contributed by atoms with Gasteiger partial charge in [0.15, 0.2) is 0 Å². The van der Waals surface area contributed by atoms with Crippen LogP contribution in [0.25, 0.3) is 0 Å². The zero-order valence-electron chi connectivity index (χ0n) is 14.1. The van der Waals surface area contributed by atoms with Crippen molar-refractivity contribution in [1.82, 2.24) is 14.7 Å². The zero-order valence-corrected chi connectivity index (χ0v) is 14.1. The van der Waals surface area contributed by atoms with E-state index >= 15 is 0 Å². The molecule has 2 aromatic heterocycles. The Morgan fingerprint density at radius 1 is 1.25 bits per heavy atom. The maximum Gasteiger partial charge on any atom is 0.337 e. The van der Waals surface area contributed by atoms with E-state index in [1.54, 1.807) is 11.6 Å². The van der Waals surface area contributed by atoms with Gasteiger partial charge >= 0.3 is 5.63 Å². The fourth-order valence-corrected chi connectivity index (χ4v) is 2.97. The minimum atomic E-state index is -0.334. The Morgan fingerprint density at radius 2 is 2.00 bits per heavy atom. The van der Waals surface area contributed by atoms with E-state index in [1.165, 1.54) is 6.07 Å². The summed E-state index contributed by atoms with van der Waals surface area (Å²) >= 11 is 0. The number of rotatable bonds is 4. The van der Waals surface area contributed by atoms with Crippen molar-refractivity contribution in [3.05, 3.63) is 46.3 Å². The van der Waals surface area contributed by atoms with Crippen LogP contribution in [0.5, 0.6) is 0 Å². The number of amides is 1. The SMILES string of the molecule is Cc1cc(N2CCN(C(=O)CCc3ccn(C)n3)CC2)cc(=O)o1. The van der Waals surface area contributed by atoms with Crippen molar-refractivity contribution in [2.75, 3.05) is 31.1 Å². The number of carbonyl (C=O) groups is 1. The Morgan fingerprint density at radius 3 is 2.62 bits per heavy atom. The van der Waals surface area contributed by atoms with Crippen molar-refractivity contribution >= 4 is 11.6 Å². The number of nitrogens with zero attached hydrogens (tertiary/aromatic N) is 4. The number of aryl methyl sites for hydroxylation is 3. The maximum absolute atomic E-state index is 12.3. The molecule has 7 nitrogen and oxygen atoms in total. The highest BCUT2D eigenvalue weighted by Crippen LogP contribution is 2.16. The molecular weight excluding hydrogens is 308 g/mol. The molecule has 0 aliphatic carbocycles. The fraction of sp³-hybridized carbons (Fsp3) is 0.471. The van der Waals surface area contributed by atoms with Gasteiger partial charge in [0.25, 0.3) is 0 Å². The summed E-state index contributed by atoms with van der Waals surface area (Å²) in [4.78, 5) is 27.8. The molecule has 1 fully saturated rings. The van der Waals surface area contributed by atoms with Gasteiger partial charge in [-0.25, -0.2) is 4.79 Å². The summed E-state index contributed by atoms with van der Waals surface area (Å²) in [6.45, 7) is 4.54. The molecular formula is C17H22N4O3. The predicted molar refractivity (Wildman–Crippen MR) is 90.0 cm³/mol. The summed E-state index contributed by atoms with van der Waals surface area (Å²) < 4.78 is 6.74. The second-order valence-electron chi connectivity index (χ2n) is 6.09. The van der Waals surface area contributed by atoms with Crippen LogP contribution in [-0.2, 0) is 18.3 Å². The number of piperazine rings is 1. The van der Waals surface area contributed by atoms with Gasteiger partial charge in [-0.2, -0.15) is 5.10 Å². The minimum Gasteiger partial charge on any atom is -0.428 e. The monoisotopic (exact) mass is 330 g/mol. The van der Waals surface area contributed by atoms with Crippen LogP contribution < -0.4 is 10.5 Å². The number of hydrogen-bond donors (Lipinski definition) is 0. The number of aromatic nitrogens is 2. The van der Waals surface area contributed by atoms with E-state index in [1.807, 2.05) is 30.3 Å². The molecule has 1 amide bonds. The average Bonchev–Trinajstić information content (AvgIpc) is 2.97. The first-order chi connectivity index (χ1) is 11.5. The molecule has 0 saturated carbocycles. The van der Waals surface area contributed by atoms with Crippen LogP contribution in [0.1, 0.15) is 17.9 Å². The summed E-state index contributed by atoms with van der Waals surface area (Å²) in [5.41, 5.74) is 1.47. The van der Waals surface area contributed by atoms with Gasteiger partial charge in [-0.05, 0) is 19.1 Å². The molecule has 3 rings (SSSR count). The lowest BCUT2D eigenvalue weighted by molar-refractivity contribution is -0.131. The number of anilines is 1. The van der Waals surface area contributed by atoms with Crippen molar-refractivity contribution in [3.8, 4) is 0 Å². The Kier molecular flexibility index (Phi) is 4.69. The van der Waals surface area contributed by atoms with Crippen LogP contribution in [-0.4, -0.2) is 46.8 Å². The largest absolute Gasteiger partial charge is 0.428 e. The Hall–Kier alpha value is -2.57. The van der Waals surface area contributed by atoms with Crippen molar-refractivity contribution in [1.29, 1.82) is 0 Å². The lowest BCUT2D eigenvalue weighted by Crippen LogP contribution is -2.49. The molecule has 128 valence electrons. The third-order valence-corrected chi connectivity index (χ3v) is 4.24. The summed E-state index contributed by atoms with van der Waals surface area (Å²) in [5.74, 6) is 0.760. The maximum atomic E-state index is 12.3. The molecule has 0 bridgehead atoms. The molecule has 1 saturated heterocycles. The third kappa shape index (κ3) is 3.84. The number of hydrogen-bond acceptors (Lipinski definition) is 5. The highest BCUT2D eigenvalue weighted by Gasteiger charge is 2.21. The van der Waals surface area contributed by atoms with Gasteiger partial charge in [0, 0.05) is 64.0 Å². The van der Waals surface area contributed by atoms with Crippen molar-refractivity contribution in [2.45, 2.75) is 19.8 Å². The first-order valence-corrected chi connectivity index (χ1v) is 8.14. The summed E-state index contributed by atoms with van der Waals surface area (Å²) in [5, 5.41) is 4.30. The zero-order chi connectivity index (χ0) is 17.1. The molecule has 7 heteroatoms. The van der Waals surface area contributed by atoms with Crippen molar-refractivity contribution in [2.24, 2.45) is 7.05 Å². The molecule has 0 aromatic carbocycles. The van der Waals surface area contributed by atoms with Gasteiger partial charge in [-0.1, -0.05) is 0 Å². The third-order valence-electron chi connectivity index (χ3n) is 4.24. The van der Waals surface area contributed by atoms with E-state index in [-0.39, 0.29) is 11.5 Å². The number of carbonyl (C=O) groups excluding carboxylic acids is 1. The molecule has 0 N–H and O–H groups in total. The minimum absolute atomic E-state index is 0.157. The van der Waals surface area contributed by atoms with E-state index in [2.05, 4.69) is 10.00 Å². The van der Waals surface area contributed by atoms with Crippen molar-refractivity contribution in [3.63, 3.8) is 0 Å². The van der Waals surface area contributed by atoms with Crippen LogP contribution in [0.15, 0.2) is 33.6 Å². The second-order valence-corrected chi connectivity index (χ2v) is 6.09. The molecule has 24 heavy (non-hydrogen) atoms. The highest BCUT2D eigenvalue weighted by molar-refractivity contribution is 5.76. The van der Waals surface area contributed by atoms with Crippen molar-refractivity contribution < 1.29 is 9.21 Å². The molecule has 0 spiro atoms. The lowest BCUT2D eigenvalue weighted by atomic mass is 10.2. The van der Waals surface area contributed by atoms with Gasteiger partial charge in [0.1, 0.15) is 5.76 Å². The standard InChI is InChI=1S/C17H22N4O3/c1-13-11-15(12-17(23)24-13)20-7-9-21(10-8-20)16(22)4-3-14-5-6-19(2)18-14/h5-6,11-12H,3-4,7-10H2,1-2H3. The average molecular weight is 330 g/mol. The van der Waals surface area contributed by atoms with Gasteiger partial charge in [0.05, 0.1) is 5.69 Å². The van der Waals surface area contributed by atoms with Crippen LogP contribution in [0, 0.1) is 6.92 Å². The Labute approximate surface area is 140 Å². The highest BCUT2D eigenvalue weighted by atomic mass is 16.4. The topological polar surface area (TPSA) is 71.6 Å². The first kappa shape index (κ1) is 16.3. The molecule has 3 heterocycles. The summed E-state index contributed by atoms with van der Waals surface area (Å²) in [6.07, 6.45) is 3.03. The molecule has 0 unspecified atom stereocenters. The first-order valence-electron chi connectivity index (χ1n) is 8.14. The van der Waals surface area contributed by atoms with Crippen LogP contribution >= 0.6 is 0 Å². The van der Waals surface area contributed by atoms with E-state index in [0.717, 1.165) is 24.5 Å². The van der Waals surface area contributed by atoms with E-state index in [0.29, 0.717) is 31.7 Å². The quantitative estimate of drug-likeness (QED) is 0.835. The summed E-state index contributed by atoms with van der Waals surface area (Å²) in [7, 11) is 1.87. The van der Waals surface area contributed by atoms with E-state index in [9.17, 15) is 9.59 Å². The van der Waals surface area contributed by atoms with Gasteiger partial charge in [-0.3, -0.25) is 9.48 Å². The smallest absolute Gasteiger partial charge is 0.337 e. The fourth-order valence-electron chi connectivity index (χ4n) is 2.97.